The Hall–Kier alpha value is -1.06. The molecule has 3 nitrogen and oxygen atoms in total. The summed E-state index contributed by atoms with van der Waals surface area (Å²) < 4.78 is 1.28. The summed E-state index contributed by atoms with van der Waals surface area (Å²) in [5.74, 6) is 0. The van der Waals surface area contributed by atoms with Gasteiger partial charge in [-0.05, 0) is 29.8 Å². The normalized spacial score (nSPS) is 10.8. The van der Waals surface area contributed by atoms with E-state index in [-0.39, 0.29) is 10.8 Å². The first-order valence-corrected chi connectivity index (χ1v) is 4.67. The maximum atomic E-state index is 11.7. The maximum Gasteiger partial charge on any atom is 0.262 e. The van der Waals surface area contributed by atoms with E-state index < -0.39 is 0 Å². The van der Waals surface area contributed by atoms with Crippen LogP contribution in [-0.2, 0) is 7.05 Å². The summed E-state index contributed by atoms with van der Waals surface area (Å²) >= 11 is 11.5. The van der Waals surface area contributed by atoms with Crippen LogP contribution in [0.3, 0.4) is 0 Å². The van der Waals surface area contributed by atoms with Crippen LogP contribution >= 0.6 is 23.2 Å². The third kappa shape index (κ3) is 1.38. The molecule has 0 amide bonds. The minimum atomic E-state index is -0.192. The number of rotatable bonds is 0. The van der Waals surface area contributed by atoms with Gasteiger partial charge < -0.3 is 0 Å². The number of aromatic nitrogens is 2. The van der Waals surface area contributed by atoms with Crippen molar-refractivity contribution in [3.8, 4) is 0 Å². The van der Waals surface area contributed by atoms with Gasteiger partial charge in [-0.25, -0.2) is 4.98 Å². The fraction of sp³-hybridized carbons (Fsp3) is 0.111. The quantitative estimate of drug-likeness (QED) is 0.649. The first kappa shape index (κ1) is 9.49. The minimum absolute atomic E-state index is 0.171. The largest absolute Gasteiger partial charge is 0.286 e. The molecule has 0 aliphatic carbocycles. The average molecular weight is 229 g/mol. The molecule has 14 heavy (non-hydrogen) atoms. The number of hydrogen-bond acceptors (Lipinski definition) is 2. The zero-order valence-electron chi connectivity index (χ0n) is 7.29. The SMILES string of the molecule is Cn1c(Cl)nc2ccc(Cl)cc2c1=O. The van der Waals surface area contributed by atoms with Crippen LogP contribution in [-0.4, -0.2) is 9.55 Å². The Kier molecular flexibility index (Phi) is 2.21. The molecule has 2 rings (SSSR count). The summed E-state index contributed by atoms with van der Waals surface area (Å²) in [6, 6.07) is 4.93. The Morgan fingerprint density at radius 2 is 2.07 bits per heavy atom. The Morgan fingerprint density at radius 3 is 2.79 bits per heavy atom. The molecule has 0 saturated carbocycles. The molecule has 1 heterocycles. The van der Waals surface area contributed by atoms with Crippen molar-refractivity contribution in [1.82, 2.24) is 9.55 Å². The highest BCUT2D eigenvalue weighted by Gasteiger charge is 2.05. The van der Waals surface area contributed by atoms with Gasteiger partial charge in [0.1, 0.15) is 0 Å². The van der Waals surface area contributed by atoms with E-state index in [4.69, 9.17) is 23.2 Å². The molecule has 0 unspecified atom stereocenters. The van der Waals surface area contributed by atoms with E-state index in [1.54, 1.807) is 25.2 Å². The number of hydrogen-bond donors (Lipinski definition) is 0. The molecule has 2 aromatic rings. The molecule has 0 aliphatic rings. The van der Waals surface area contributed by atoms with Gasteiger partial charge in [0.25, 0.3) is 5.56 Å². The second-order valence-electron chi connectivity index (χ2n) is 2.91. The Bertz CT molecular complexity index is 562. The highest BCUT2D eigenvalue weighted by molar-refractivity contribution is 6.31. The molecule has 72 valence electrons. The summed E-state index contributed by atoms with van der Waals surface area (Å²) in [4.78, 5) is 15.7. The lowest BCUT2D eigenvalue weighted by molar-refractivity contribution is 0.844. The zero-order chi connectivity index (χ0) is 10.3. The number of halogens is 2. The first-order chi connectivity index (χ1) is 6.59. The topological polar surface area (TPSA) is 34.9 Å². The van der Waals surface area contributed by atoms with Crippen LogP contribution in [0, 0.1) is 0 Å². The molecule has 0 spiro atoms. The fourth-order valence-corrected chi connectivity index (χ4v) is 1.56. The lowest BCUT2D eigenvalue weighted by atomic mass is 10.2. The minimum Gasteiger partial charge on any atom is -0.286 e. The summed E-state index contributed by atoms with van der Waals surface area (Å²) in [7, 11) is 1.57. The molecule has 1 aromatic heterocycles. The van der Waals surface area contributed by atoms with Crippen molar-refractivity contribution in [2.24, 2.45) is 7.05 Å². The van der Waals surface area contributed by atoms with E-state index in [2.05, 4.69) is 4.98 Å². The number of nitrogens with zero attached hydrogens (tertiary/aromatic N) is 2. The lowest BCUT2D eigenvalue weighted by Crippen LogP contribution is -2.18. The van der Waals surface area contributed by atoms with Crippen LogP contribution in [0.4, 0.5) is 0 Å². The van der Waals surface area contributed by atoms with Gasteiger partial charge in [-0.3, -0.25) is 9.36 Å². The number of benzene rings is 1. The van der Waals surface area contributed by atoms with Gasteiger partial charge in [0, 0.05) is 12.1 Å². The molecule has 0 radical (unpaired) electrons. The molecule has 0 fully saturated rings. The molecular weight excluding hydrogens is 223 g/mol. The van der Waals surface area contributed by atoms with Crippen molar-refractivity contribution >= 4 is 34.1 Å². The third-order valence-electron chi connectivity index (χ3n) is 1.98. The lowest BCUT2D eigenvalue weighted by Gasteiger charge is -2.02. The summed E-state index contributed by atoms with van der Waals surface area (Å²) in [6.07, 6.45) is 0. The predicted octanol–water partition coefficient (Wildman–Crippen LogP) is 2.24. The van der Waals surface area contributed by atoms with E-state index in [1.807, 2.05) is 0 Å². The molecule has 1 aromatic carbocycles. The Labute approximate surface area is 89.9 Å². The molecule has 5 heteroatoms. The van der Waals surface area contributed by atoms with Crippen LogP contribution < -0.4 is 5.56 Å². The van der Waals surface area contributed by atoms with Gasteiger partial charge in [0.15, 0.2) is 0 Å². The molecule has 0 aliphatic heterocycles. The van der Waals surface area contributed by atoms with E-state index >= 15 is 0 Å². The van der Waals surface area contributed by atoms with E-state index in [9.17, 15) is 4.79 Å². The van der Waals surface area contributed by atoms with Crippen molar-refractivity contribution in [3.05, 3.63) is 38.9 Å². The Balaban J connectivity index is 2.99. The van der Waals surface area contributed by atoms with Gasteiger partial charge in [0.05, 0.1) is 10.9 Å². The fourth-order valence-electron chi connectivity index (χ4n) is 1.22. The maximum absolute atomic E-state index is 11.7. The first-order valence-electron chi connectivity index (χ1n) is 3.91. The molecule has 0 bridgehead atoms. The van der Waals surface area contributed by atoms with Gasteiger partial charge in [-0.2, -0.15) is 0 Å². The van der Waals surface area contributed by atoms with Crippen molar-refractivity contribution in [3.63, 3.8) is 0 Å². The van der Waals surface area contributed by atoms with Crippen LogP contribution in [0.15, 0.2) is 23.0 Å². The van der Waals surface area contributed by atoms with Crippen molar-refractivity contribution < 1.29 is 0 Å². The highest BCUT2D eigenvalue weighted by Crippen LogP contribution is 2.16. The predicted molar refractivity (Wildman–Crippen MR) is 57.0 cm³/mol. The summed E-state index contributed by atoms with van der Waals surface area (Å²) in [5.41, 5.74) is 0.366. The van der Waals surface area contributed by atoms with Crippen molar-refractivity contribution in [1.29, 1.82) is 0 Å². The Morgan fingerprint density at radius 1 is 1.36 bits per heavy atom. The van der Waals surface area contributed by atoms with E-state index in [0.717, 1.165) is 0 Å². The van der Waals surface area contributed by atoms with Crippen LogP contribution in [0.5, 0.6) is 0 Å². The third-order valence-corrected chi connectivity index (χ3v) is 2.56. The standard InChI is InChI=1S/C9H6Cl2N2O/c1-13-8(14)6-4-5(10)2-3-7(6)12-9(13)11/h2-4H,1H3. The zero-order valence-corrected chi connectivity index (χ0v) is 8.80. The average Bonchev–Trinajstić information content (AvgIpc) is 2.16. The second-order valence-corrected chi connectivity index (χ2v) is 3.68. The molecule has 0 N–H and O–H groups in total. The van der Waals surface area contributed by atoms with Crippen molar-refractivity contribution in [2.45, 2.75) is 0 Å². The summed E-state index contributed by atoms with van der Waals surface area (Å²) in [6.45, 7) is 0. The van der Waals surface area contributed by atoms with Crippen molar-refractivity contribution in [2.75, 3.05) is 0 Å². The van der Waals surface area contributed by atoms with Gasteiger partial charge in [-0.15, -0.1) is 0 Å². The van der Waals surface area contributed by atoms with Gasteiger partial charge in [0.2, 0.25) is 5.28 Å². The number of fused-ring (bicyclic) bond motifs is 1. The van der Waals surface area contributed by atoms with Crippen LogP contribution in [0.1, 0.15) is 0 Å². The van der Waals surface area contributed by atoms with E-state index in [1.165, 1.54) is 4.57 Å². The highest BCUT2D eigenvalue weighted by atomic mass is 35.5. The second kappa shape index (κ2) is 3.26. The molecule has 0 saturated heterocycles. The van der Waals surface area contributed by atoms with Gasteiger partial charge in [-0.1, -0.05) is 11.6 Å². The van der Waals surface area contributed by atoms with E-state index in [0.29, 0.717) is 15.9 Å². The van der Waals surface area contributed by atoms with Gasteiger partial charge >= 0.3 is 0 Å². The van der Waals surface area contributed by atoms with Crippen LogP contribution in [0.25, 0.3) is 10.9 Å². The molecular formula is C9H6Cl2N2O. The van der Waals surface area contributed by atoms with Crippen LogP contribution in [0.2, 0.25) is 10.3 Å². The molecule has 0 atom stereocenters. The summed E-state index contributed by atoms with van der Waals surface area (Å²) in [5, 5.41) is 1.16. The smallest absolute Gasteiger partial charge is 0.262 e. The monoisotopic (exact) mass is 228 g/mol.